The fourth-order valence-corrected chi connectivity index (χ4v) is 4.03. The monoisotopic (exact) mass is 650 g/mol. The standard InChI is InChI=1S/C16H21BN2O5.C7H11NO2.C4H9NO.C3H3ClO/c1-2-15(20)19-9-8-13(19)11-24-16(21)18-14(17(22)23)10-12-6-4-3-5-7-12;1-2-7(10)8-4-3-6(8)5-9;6-3-4-1-2-5-4;1-2-3(4)5/h2-7,13-14,22-23H,1,8-11H2,(H,18,21);2,6,9H,1,3-5H2;4-6H,1-3H2;2H,1H2/t13-,14-;6-;4-;/m000./s1. The van der Waals surface area contributed by atoms with Crippen molar-refractivity contribution in [3.05, 3.63) is 73.9 Å². The molecule has 0 aliphatic carbocycles. The number of nitrogens with zero attached hydrogens (tertiary/aromatic N) is 2. The van der Waals surface area contributed by atoms with E-state index in [1.54, 1.807) is 9.80 Å². The Labute approximate surface area is 269 Å². The van der Waals surface area contributed by atoms with E-state index in [0.29, 0.717) is 19.2 Å². The Bertz CT molecular complexity index is 1100. The Balaban J connectivity index is 0.000000389. The third-order valence-electron chi connectivity index (χ3n) is 7.09. The highest BCUT2D eigenvalue weighted by Crippen LogP contribution is 2.18. The molecule has 13 nitrogen and oxygen atoms in total. The summed E-state index contributed by atoms with van der Waals surface area (Å²) >= 11 is 4.71. The number of nitrogens with one attached hydrogen (secondary N) is 2. The minimum absolute atomic E-state index is 0.0468. The summed E-state index contributed by atoms with van der Waals surface area (Å²) < 4.78 is 5.09. The lowest BCUT2D eigenvalue weighted by atomic mass is 9.76. The van der Waals surface area contributed by atoms with Crippen molar-refractivity contribution in [2.24, 2.45) is 0 Å². The predicted octanol–water partition coefficient (Wildman–Crippen LogP) is 0.167. The van der Waals surface area contributed by atoms with E-state index in [2.05, 4.69) is 30.4 Å². The van der Waals surface area contributed by atoms with E-state index in [-0.39, 0.29) is 43.5 Å². The van der Waals surface area contributed by atoms with Crippen molar-refractivity contribution in [2.45, 2.75) is 49.8 Å². The molecular formula is C30H44BClN4O9. The number of aliphatic hydroxyl groups is 2. The maximum absolute atomic E-state index is 11.9. The van der Waals surface area contributed by atoms with Gasteiger partial charge in [0.05, 0.1) is 31.2 Å². The Morgan fingerprint density at radius 2 is 1.49 bits per heavy atom. The number of carbonyl (C=O) groups excluding carboxylic acids is 4. The highest BCUT2D eigenvalue weighted by molar-refractivity contribution is 6.66. The van der Waals surface area contributed by atoms with E-state index in [1.165, 1.54) is 12.2 Å². The molecule has 3 heterocycles. The smallest absolute Gasteiger partial charge is 0.447 e. The van der Waals surface area contributed by atoms with Crippen molar-refractivity contribution in [1.82, 2.24) is 20.4 Å². The summed E-state index contributed by atoms with van der Waals surface area (Å²) in [6, 6.07) is 9.48. The van der Waals surface area contributed by atoms with Gasteiger partial charge in [-0.05, 0) is 67.6 Å². The zero-order chi connectivity index (χ0) is 33.8. The van der Waals surface area contributed by atoms with E-state index in [9.17, 15) is 29.2 Å². The largest absolute Gasteiger partial charge is 0.475 e. The molecule has 4 atom stereocenters. The van der Waals surface area contributed by atoms with Crippen molar-refractivity contribution >= 4 is 41.9 Å². The van der Waals surface area contributed by atoms with Crippen LogP contribution in [0.5, 0.6) is 0 Å². The van der Waals surface area contributed by atoms with Crippen LogP contribution in [0.4, 0.5) is 4.79 Å². The fourth-order valence-electron chi connectivity index (χ4n) is 4.03. The average Bonchev–Trinajstić information content (AvgIpc) is 2.96. The van der Waals surface area contributed by atoms with E-state index in [1.807, 2.05) is 30.3 Å². The predicted molar refractivity (Wildman–Crippen MR) is 171 cm³/mol. The van der Waals surface area contributed by atoms with Crippen molar-refractivity contribution in [3.63, 3.8) is 0 Å². The first-order valence-corrected chi connectivity index (χ1v) is 14.8. The first kappa shape index (κ1) is 39.5. The van der Waals surface area contributed by atoms with Crippen LogP contribution < -0.4 is 10.6 Å². The van der Waals surface area contributed by atoms with Gasteiger partial charge < -0.3 is 45.4 Å². The lowest BCUT2D eigenvalue weighted by molar-refractivity contribution is -0.135. The van der Waals surface area contributed by atoms with E-state index in [0.717, 1.165) is 44.0 Å². The molecule has 0 spiro atoms. The van der Waals surface area contributed by atoms with Crippen LogP contribution in [0, 0.1) is 0 Å². The lowest BCUT2D eigenvalue weighted by Crippen LogP contribution is -2.54. The maximum Gasteiger partial charge on any atom is 0.475 e. The Morgan fingerprint density at radius 3 is 1.82 bits per heavy atom. The highest BCUT2D eigenvalue weighted by Gasteiger charge is 2.33. The molecule has 0 bridgehead atoms. The van der Waals surface area contributed by atoms with Gasteiger partial charge in [-0.3, -0.25) is 14.4 Å². The summed E-state index contributed by atoms with van der Waals surface area (Å²) in [7, 11) is -1.71. The van der Waals surface area contributed by atoms with Gasteiger partial charge in [0, 0.05) is 19.1 Å². The van der Waals surface area contributed by atoms with E-state index < -0.39 is 24.4 Å². The number of hydrogen-bond acceptors (Lipinski definition) is 10. The molecule has 3 aliphatic heterocycles. The molecule has 0 radical (unpaired) electrons. The second-order valence-electron chi connectivity index (χ2n) is 10.1. The van der Waals surface area contributed by atoms with Crippen LogP contribution in [-0.2, 0) is 25.5 Å². The number of aliphatic hydroxyl groups excluding tert-OH is 2. The number of amides is 3. The van der Waals surface area contributed by atoms with Gasteiger partial charge in [0.1, 0.15) is 6.61 Å². The minimum Gasteiger partial charge on any atom is -0.447 e. The van der Waals surface area contributed by atoms with Crippen LogP contribution in [0.3, 0.4) is 0 Å². The topological polar surface area (TPSA) is 189 Å². The SMILES string of the molecule is C=CC(=O)Cl.C=CC(=O)N1CC[C@H]1CO.C=CC(=O)N1CC[C@H]1COC(=O)N[C@@H](Cc1ccccc1)B(O)O.OC[C@@H]1CCN1. The number of likely N-dealkylation sites (tertiary alicyclic amines) is 2. The van der Waals surface area contributed by atoms with Crippen LogP contribution >= 0.6 is 11.6 Å². The number of carbonyl (C=O) groups is 4. The molecule has 45 heavy (non-hydrogen) atoms. The second-order valence-corrected chi connectivity index (χ2v) is 10.5. The zero-order valence-electron chi connectivity index (χ0n) is 25.3. The van der Waals surface area contributed by atoms with Gasteiger partial charge in [0.25, 0.3) is 0 Å². The molecule has 248 valence electrons. The number of benzene rings is 1. The van der Waals surface area contributed by atoms with E-state index in [4.69, 9.17) is 26.6 Å². The van der Waals surface area contributed by atoms with Crippen molar-refractivity contribution in [1.29, 1.82) is 0 Å². The Hall–Kier alpha value is -3.53. The molecule has 1 aromatic carbocycles. The van der Waals surface area contributed by atoms with Gasteiger partial charge in [0.15, 0.2) is 0 Å². The number of rotatable bonds is 11. The fraction of sp³-hybridized carbons (Fsp3) is 0.467. The van der Waals surface area contributed by atoms with Gasteiger partial charge in [-0.15, -0.1) is 0 Å². The molecule has 0 saturated carbocycles. The molecular weight excluding hydrogens is 607 g/mol. The van der Waals surface area contributed by atoms with E-state index >= 15 is 0 Å². The second kappa shape index (κ2) is 22.1. The van der Waals surface area contributed by atoms with Crippen LogP contribution in [0.2, 0.25) is 0 Å². The summed E-state index contributed by atoms with van der Waals surface area (Å²) in [6.45, 7) is 12.8. The van der Waals surface area contributed by atoms with Crippen LogP contribution in [0.15, 0.2) is 68.3 Å². The third-order valence-corrected chi connectivity index (χ3v) is 7.24. The van der Waals surface area contributed by atoms with Crippen LogP contribution in [-0.4, -0.2) is 124 Å². The number of halogens is 1. The maximum atomic E-state index is 11.9. The number of allylic oxidation sites excluding steroid dienone is 1. The molecule has 1 aromatic rings. The average molecular weight is 651 g/mol. The van der Waals surface area contributed by atoms with Crippen molar-refractivity contribution in [3.8, 4) is 0 Å². The Morgan fingerprint density at radius 1 is 0.956 bits per heavy atom. The normalized spacial score (nSPS) is 19.6. The zero-order valence-corrected chi connectivity index (χ0v) is 26.1. The molecule has 3 aliphatic rings. The summed E-state index contributed by atoms with van der Waals surface area (Å²) in [5, 5.41) is 40.8. The molecule has 15 heteroatoms. The van der Waals surface area contributed by atoms with Gasteiger partial charge in [-0.1, -0.05) is 50.1 Å². The third kappa shape index (κ3) is 14.9. The first-order chi connectivity index (χ1) is 21.5. The Kier molecular flexibility index (Phi) is 19.4. The van der Waals surface area contributed by atoms with Crippen LogP contribution in [0.1, 0.15) is 24.8 Å². The van der Waals surface area contributed by atoms with Gasteiger partial charge in [-0.2, -0.15) is 0 Å². The summed E-state index contributed by atoms with van der Waals surface area (Å²) in [6.07, 6.45) is 5.88. The molecule has 0 unspecified atom stereocenters. The molecule has 6 N–H and O–H groups in total. The molecule has 3 fully saturated rings. The number of hydrogen-bond donors (Lipinski definition) is 6. The molecule has 3 saturated heterocycles. The van der Waals surface area contributed by atoms with Crippen LogP contribution in [0.25, 0.3) is 0 Å². The highest BCUT2D eigenvalue weighted by atomic mass is 35.5. The van der Waals surface area contributed by atoms with Crippen molar-refractivity contribution < 1.29 is 44.2 Å². The van der Waals surface area contributed by atoms with Gasteiger partial charge >= 0.3 is 13.2 Å². The summed E-state index contributed by atoms with van der Waals surface area (Å²) in [5.41, 5.74) is 0.859. The number of alkyl carbamates (subject to hydrolysis) is 1. The molecule has 4 rings (SSSR count). The summed E-state index contributed by atoms with van der Waals surface area (Å²) in [4.78, 5) is 46.9. The van der Waals surface area contributed by atoms with Crippen molar-refractivity contribution in [2.75, 3.05) is 39.5 Å². The first-order valence-electron chi connectivity index (χ1n) is 14.5. The van der Waals surface area contributed by atoms with Gasteiger partial charge in [0.2, 0.25) is 17.1 Å². The quantitative estimate of drug-likeness (QED) is 0.109. The van der Waals surface area contributed by atoms with Gasteiger partial charge in [-0.25, -0.2) is 4.79 Å². The lowest BCUT2D eigenvalue weighted by Gasteiger charge is -2.39. The molecule has 0 aromatic heterocycles. The summed E-state index contributed by atoms with van der Waals surface area (Å²) in [5.74, 6) is -1.15. The number of ether oxygens (including phenoxy) is 1. The minimum atomic E-state index is -1.71. The molecule has 3 amide bonds.